The zero-order valence-corrected chi connectivity index (χ0v) is 12.0. The summed E-state index contributed by atoms with van der Waals surface area (Å²) in [6.45, 7) is 8.19. The van der Waals surface area contributed by atoms with Gasteiger partial charge in [0.2, 0.25) is 0 Å². The Kier molecular flexibility index (Phi) is 5.29. The molecule has 0 heterocycles. The number of nitrogens with one attached hydrogen (secondary N) is 1. The molecule has 0 aromatic heterocycles. The smallest absolute Gasteiger partial charge is 0.127 e. The quantitative estimate of drug-likeness (QED) is 0.835. The molecule has 2 unspecified atom stereocenters. The van der Waals surface area contributed by atoms with Crippen molar-refractivity contribution in [3.05, 3.63) is 35.6 Å². The number of ether oxygens (including phenoxy) is 1. The van der Waals surface area contributed by atoms with Crippen LogP contribution >= 0.6 is 0 Å². The second-order valence-electron chi connectivity index (χ2n) is 5.48. The molecule has 102 valence electrons. The zero-order valence-electron chi connectivity index (χ0n) is 12.0. The Labute approximate surface area is 110 Å². The van der Waals surface area contributed by atoms with E-state index in [4.69, 9.17) is 4.74 Å². The first kappa shape index (κ1) is 15.1. The summed E-state index contributed by atoms with van der Waals surface area (Å²) >= 11 is 0. The largest absolute Gasteiger partial charge is 0.379 e. The molecular formula is C15H24FNO. The number of benzene rings is 1. The third-order valence-electron chi connectivity index (χ3n) is 3.26. The van der Waals surface area contributed by atoms with Crippen molar-refractivity contribution >= 4 is 0 Å². The summed E-state index contributed by atoms with van der Waals surface area (Å²) in [6.07, 6.45) is 0.877. The monoisotopic (exact) mass is 253 g/mol. The van der Waals surface area contributed by atoms with Crippen molar-refractivity contribution in [1.82, 2.24) is 5.32 Å². The van der Waals surface area contributed by atoms with E-state index in [2.05, 4.69) is 26.1 Å². The highest BCUT2D eigenvalue weighted by Gasteiger charge is 2.21. The molecular weight excluding hydrogens is 229 g/mol. The number of hydrogen-bond acceptors (Lipinski definition) is 2. The topological polar surface area (TPSA) is 21.3 Å². The van der Waals surface area contributed by atoms with Crippen molar-refractivity contribution in [2.75, 3.05) is 7.11 Å². The van der Waals surface area contributed by atoms with Gasteiger partial charge in [-0.05, 0) is 40.2 Å². The summed E-state index contributed by atoms with van der Waals surface area (Å²) in [6, 6.07) is 7.14. The molecule has 0 fully saturated rings. The van der Waals surface area contributed by atoms with E-state index in [0.717, 1.165) is 6.42 Å². The first-order valence-electron chi connectivity index (χ1n) is 6.41. The first-order chi connectivity index (χ1) is 8.35. The highest BCUT2D eigenvalue weighted by Crippen LogP contribution is 2.20. The normalized spacial score (nSPS) is 15.4. The zero-order chi connectivity index (χ0) is 13.8. The Hall–Kier alpha value is -0.930. The lowest BCUT2D eigenvalue weighted by Crippen LogP contribution is -2.37. The molecule has 0 aliphatic carbocycles. The molecule has 3 heteroatoms. The second kappa shape index (κ2) is 6.30. The summed E-state index contributed by atoms with van der Waals surface area (Å²) in [4.78, 5) is 0. The van der Waals surface area contributed by atoms with Crippen LogP contribution in [0.5, 0.6) is 0 Å². The van der Waals surface area contributed by atoms with Gasteiger partial charge in [-0.3, -0.25) is 0 Å². The maximum atomic E-state index is 13.6. The van der Waals surface area contributed by atoms with Crippen molar-refractivity contribution in [1.29, 1.82) is 0 Å². The van der Waals surface area contributed by atoms with Crippen LogP contribution in [0.15, 0.2) is 24.3 Å². The van der Waals surface area contributed by atoms with E-state index in [0.29, 0.717) is 5.56 Å². The van der Waals surface area contributed by atoms with Gasteiger partial charge in [-0.15, -0.1) is 0 Å². The molecule has 1 rings (SSSR count). The van der Waals surface area contributed by atoms with Gasteiger partial charge in [0.15, 0.2) is 0 Å². The molecule has 0 saturated heterocycles. The maximum absolute atomic E-state index is 13.6. The lowest BCUT2D eigenvalue weighted by Gasteiger charge is -2.29. The third-order valence-corrected chi connectivity index (χ3v) is 3.26. The van der Waals surface area contributed by atoms with Crippen molar-refractivity contribution in [2.24, 2.45) is 0 Å². The van der Waals surface area contributed by atoms with Crippen LogP contribution < -0.4 is 5.32 Å². The summed E-state index contributed by atoms with van der Waals surface area (Å²) < 4.78 is 19.0. The average Bonchev–Trinajstić information content (AvgIpc) is 2.28. The molecule has 2 nitrogen and oxygen atoms in total. The van der Waals surface area contributed by atoms with Crippen LogP contribution in [0.2, 0.25) is 0 Å². The minimum absolute atomic E-state index is 0.00569. The highest BCUT2D eigenvalue weighted by molar-refractivity contribution is 5.20. The molecule has 1 aromatic carbocycles. The van der Waals surface area contributed by atoms with Gasteiger partial charge >= 0.3 is 0 Å². The molecule has 0 amide bonds. The molecule has 0 radical (unpaired) electrons. The molecule has 0 aliphatic rings. The van der Waals surface area contributed by atoms with Crippen molar-refractivity contribution < 1.29 is 9.13 Å². The van der Waals surface area contributed by atoms with Gasteiger partial charge in [0.1, 0.15) is 5.82 Å². The van der Waals surface area contributed by atoms with E-state index < -0.39 is 0 Å². The number of halogens is 1. The average molecular weight is 253 g/mol. The number of hydrogen-bond donors (Lipinski definition) is 1. The molecule has 0 spiro atoms. The van der Waals surface area contributed by atoms with Crippen LogP contribution in [-0.2, 0) is 4.74 Å². The van der Waals surface area contributed by atoms with Crippen LogP contribution in [-0.4, -0.2) is 18.8 Å². The van der Waals surface area contributed by atoms with E-state index >= 15 is 0 Å². The SMILES string of the molecule is COC(C)(C)CC(C)NC(C)c1ccccc1F. The van der Waals surface area contributed by atoms with Gasteiger partial charge in [-0.1, -0.05) is 18.2 Å². The fourth-order valence-electron chi connectivity index (χ4n) is 2.22. The van der Waals surface area contributed by atoms with Gasteiger partial charge in [0.25, 0.3) is 0 Å². The fourth-order valence-corrected chi connectivity index (χ4v) is 2.22. The van der Waals surface area contributed by atoms with Crippen LogP contribution in [0, 0.1) is 5.82 Å². The lowest BCUT2D eigenvalue weighted by atomic mass is 9.98. The Morgan fingerprint density at radius 3 is 2.44 bits per heavy atom. The standard InChI is InChI=1S/C15H24FNO/c1-11(10-15(3,4)18-5)17-12(2)13-8-6-7-9-14(13)16/h6-9,11-12,17H,10H2,1-5H3. The van der Waals surface area contributed by atoms with Crippen molar-refractivity contribution in [2.45, 2.75) is 51.8 Å². The first-order valence-corrected chi connectivity index (χ1v) is 6.41. The van der Waals surface area contributed by atoms with Gasteiger partial charge < -0.3 is 10.1 Å². The summed E-state index contributed by atoms with van der Waals surface area (Å²) in [5.74, 6) is -0.157. The molecule has 2 atom stereocenters. The Bertz CT molecular complexity index is 379. The second-order valence-corrected chi connectivity index (χ2v) is 5.48. The maximum Gasteiger partial charge on any atom is 0.127 e. The predicted molar refractivity (Wildman–Crippen MR) is 73.1 cm³/mol. The van der Waals surface area contributed by atoms with Gasteiger partial charge in [-0.2, -0.15) is 0 Å². The molecule has 1 aromatic rings. The van der Waals surface area contributed by atoms with Crippen molar-refractivity contribution in [3.8, 4) is 0 Å². The molecule has 18 heavy (non-hydrogen) atoms. The van der Waals surface area contributed by atoms with E-state index in [1.165, 1.54) is 6.07 Å². The molecule has 0 saturated carbocycles. The predicted octanol–water partition coefficient (Wildman–Crippen LogP) is 3.68. The minimum atomic E-state index is -0.165. The minimum Gasteiger partial charge on any atom is -0.379 e. The molecule has 0 aliphatic heterocycles. The lowest BCUT2D eigenvalue weighted by molar-refractivity contribution is 0.00780. The van der Waals surface area contributed by atoms with E-state index in [9.17, 15) is 4.39 Å². The summed E-state index contributed by atoms with van der Waals surface area (Å²) in [5, 5.41) is 3.41. The summed E-state index contributed by atoms with van der Waals surface area (Å²) in [5.41, 5.74) is 0.543. The Balaban J connectivity index is 2.60. The Morgan fingerprint density at radius 1 is 1.28 bits per heavy atom. The van der Waals surface area contributed by atoms with E-state index in [1.54, 1.807) is 13.2 Å². The van der Waals surface area contributed by atoms with Gasteiger partial charge in [0.05, 0.1) is 5.60 Å². The third kappa shape index (κ3) is 4.39. The fraction of sp³-hybridized carbons (Fsp3) is 0.600. The van der Waals surface area contributed by atoms with Crippen LogP contribution in [0.1, 0.15) is 45.7 Å². The number of rotatable bonds is 6. The number of methoxy groups -OCH3 is 1. The molecule has 0 bridgehead atoms. The van der Waals surface area contributed by atoms with E-state index in [1.807, 2.05) is 19.1 Å². The summed E-state index contributed by atoms with van der Waals surface area (Å²) in [7, 11) is 1.72. The van der Waals surface area contributed by atoms with Crippen molar-refractivity contribution in [3.63, 3.8) is 0 Å². The highest BCUT2D eigenvalue weighted by atomic mass is 19.1. The van der Waals surface area contributed by atoms with Gasteiger partial charge in [-0.25, -0.2) is 4.39 Å². The van der Waals surface area contributed by atoms with E-state index in [-0.39, 0.29) is 23.5 Å². The van der Waals surface area contributed by atoms with Crippen LogP contribution in [0.4, 0.5) is 4.39 Å². The molecule has 1 N–H and O–H groups in total. The van der Waals surface area contributed by atoms with Gasteiger partial charge in [0, 0.05) is 24.8 Å². The van der Waals surface area contributed by atoms with Crippen LogP contribution in [0.3, 0.4) is 0 Å². The van der Waals surface area contributed by atoms with Crippen LogP contribution in [0.25, 0.3) is 0 Å². The Morgan fingerprint density at radius 2 is 1.89 bits per heavy atom.